The molecule has 23 heavy (non-hydrogen) atoms. The largest absolute Gasteiger partial charge is 0.393 e. The van der Waals surface area contributed by atoms with Gasteiger partial charge < -0.3 is 15.3 Å². The molecule has 0 saturated carbocycles. The zero-order valence-corrected chi connectivity index (χ0v) is 14.2. The van der Waals surface area contributed by atoms with Crippen molar-refractivity contribution in [3.63, 3.8) is 0 Å². The summed E-state index contributed by atoms with van der Waals surface area (Å²) in [6.45, 7) is 5.82. The van der Waals surface area contributed by atoms with Crippen LogP contribution < -0.4 is 5.32 Å². The maximum atomic E-state index is 12.1. The quantitative estimate of drug-likeness (QED) is 0.724. The minimum absolute atomic E-state index is 0.116. The maximum absolute atomic E-state index is 12.1. The van der Waals surface area contributed by atoms with Crippen molar-refractivity contribution in [2.75, 3.05) is 26.2 Å². The first kappa shape index (κ1) is 18.0. The second-order valence-corrected chi connectivity index (χ2v) is 6.50. The summed E-state index contributed by atoms with van der Waals surface area (Å²) in [5.41, 5.74) is 1.25. The lowest BCUT2D eigenvalue weighted by molar-refractivity contribution is -0.121. The molecule has 1 aliphatic heterocycles. The third-order valence-electron chi connectivity index (χ3n) is 4.73. The van der Waals surface area contributed by atoms with Gasteiger partial charge in [-0.15, -0.1) is 0 Å². The van der Waals surface area contributed by atoms with E-state index in [2.05, 4.69) is 29.3 Å². The van der Waals surface area contributed by atoms with Crippen LogP contribution >= 0.6 is 0 Å². The first-order valence-corrected chi connectivity index (χ1v) is 8.91. The number of nitrogens with zero attached hydrogens (tertiary/aromatic N) is 1. The Morgan fingerprint density at radius 2 is 2.00 bits per heavy atom. The van der Waals surface area contributed by atoms with Crippen LogP contribution in [-0.2, 0) is 4.79 Å². The molecule has 1 heterocycles. The van der Waals surface area contributed by atoms with Crippen molar-refractivity contribution in [2.45, 2.75) is 51.0 Å². The fourth-order valence-electron chi connectivity index (χ4n) is 3.19. The van der Waals surface area contributed by atoms with Gasteiger partial charge >= 0.3 is 0 Å². The third kappa shape index (κ3) is 6.32. The van der Waals surface area contributed by atoms with Gasteiger partial charge in [0, 0.05) is 26.1 Å². The van der Waals surface area contributed by atoms with Crippen molar-refractivity contribution >= 4 is 5.91 Å². The van der Waals surface area contributed by atoms with Crippen LogP contribution in [0.15, 0.2) is 30.3 Å². The highest BCUT2D eigenvalue weighted by molar-refractivity contribution is 5.76. The molecular formula is C19H30N2O2. The molecule has 4 nitrogen and oxygen atoms in total. The Labute approximate surface area is 139 Å². The van der Waals surface area contributed by atoms with E-state index in [0.29, 0.717) is 12.3 Å². The Kier molecular flexibility index (Phi) is 7.56. The lowest BCUT2D eigenvalue weighted by atomic mass is 9.93. The fourth-order valence-corrected chi connectivity index (χ4v) is 3.19. The molecule has 1 aromatic rings. The lowest BCUT2D eigenvalue weighted by Crippen LogP contribution is -2.37. The molecule has 1 aliphatic rings. The molecule has 2 N–H and O–H groups in total. The van der Waals surface area contributed by atoms with Crippen molar-refractivity contribution in [3.05, 3.63) is 35.9 Å². The number of aliphatic hydroxyl groups is 1. The summed E-state index contributed by atoms with van der Waals surface area (Å²) in [6.07, 6.45) is 4.16. The Morgan fingerprint density at radius 1 is 1.30 bits per heavy atom. The van der Waals surface area contributed by atoms with Crippen molar-refractivity contribution < 1.29 is 9.90 Å². The molecule has 0 radical (unpaired) electrons. The SMILES string of the molecule is CCC(CC(=O)NCCCN1CCC(O)CC1)c1ccccc1. The number of carbonyl (C=O) groups is 1. The number of hydrogen-bond donors (Lipinski definition) is 2. The minimum Gasteiger partial charge on any atom is -0.393 e. The monoisotopic (exact) mass is 318 g/mol. The van der Waals surface area contributed by atoms with E-state index in [1.807, 2.05) is 18.2 Å². The standard InChI is InChI=1S/C19H30N2O2/c1-2-16(17-7-4-3-5-8-17)15-19(23)20-11-6-12-21-13-9-18(22)10-14-21/h3-5,7-8,16,18,22H,2,6,9-15H2,1H3,(H,20,23). The molecular weight excluding hydrogens is 288 g/mol. The van der Waals surface area contributed by atoms with Crippen LogP contribution in [-0.4, -0.2) is 48.2 Å². The molecule has 2 rings (SSSR count). The Balaban J connectivity index is 1.63. The number of likely N-dealkylation sites (tertiary alicyclic amines) is 1. The fraction of sp³-hybridized carbons (Fsp3) is 0.632. The average Bonchev–Trinajstić information content (AvgIpc) is 2.59. The predicted octanol–water partition coefficient (Wildman–Crippen LogP) is 2.53. The maximum Gasteiger partial charge on any atom is 0.220 e. The molecule has 4 heteroatoms. The van der Waals surface area contributed by atoms with E-state index in [0.717, 1.165) is 51.9 Å². The molecule has 1 fully saturated rings. The number of nitrogens with one attached hydrogen (secondary N) is 1. The van der Waals surface area contributed by atoms with E-state index >= 15 is 0 Å². The molecule has 0 aliphatic carbocycles. The summed E-state index contributed by atoms with van der Waals surface area (Å²) >= 11 is 0. The van der Waals surface area contributed by atoms with Crippen molar-refractivity contribution in [1.29, 1.82) is 0 Å². The summed E-state index contributed by atoms with van der Waals surface area (Å²) in [5.74, 6) is 0.453. The lowest BCUT2D eigenvalue weighted by Gasteiger charge is -2.29. The van der Waals surface area contributed by atoms with E-state index in [9.17, 15) is 9.90 Å². The second kappa shape index (κ2) is 9.68. The Morgan fingerprint density at radius 3 is 2.65 bits per heavy atom. The van der Waals surface area contributed by atoms with E-state index in [-0.39, 0.29) is 12.0 Å². The van der Waals surface area contributed by atoms with Crippen LogP contribution in [0, 0.1) is 0 Å². The molecule has 1 atom stereocenters. The van der Waals surface area contributed by atoms with Crippen molar-refractivity contribution in [1.82, 2.24) is 10.2 Å². The molecule has 0 aromatic heterocycles. The summed E-state index contributed by atoms with van der Waals surface area (Å²) in [5, 5.41) is 12.5. The van der Waals surface area contributed by atoms with Gasteiger partial charge in [0.1, 0.15) is 0 Å². The average molecular weight is 318 g/mol. The van der Waals surface area contributed by atoms with Crippen molar-refractivity contribution in [3.8, 4) is 0 Å². The first-order chi connectivity index (χ1) is 11.2. The number of carbonyl (C=O) groups excluding carboxylic acids is 1. The van der Waals surface area contributed by atoms with Gasteiger partial charge in [-0.25, -0.2) is 0 Å². The first-order valence-electron chi connectivity index (χ1n) is 8.91. The van der Waals surface area contributed by atoms with Crippen LogP contribution in [0.5, 0.6) is 0 Å². The zero-order chi connectivity index (χ0) is 16.5. The molecule has 128 valence electrons. The van der Waals surface area contributed by atoms with E-state index < -0.39 is 0 Å². The molecule has 1 unspecified atom stereocenters. The topological polar surface area (TPSA) is 52.6 Å². The minimum atomic E-state index is -0.116. The second-order valence-electron chi connectivity index (χ2n) is 6.50. The van der Waals surface area contributed by atoms with Crippen molar-refractivity contribution in [2.24, 2.45) is 0 Å². The summed E-state index contributed by atoms with van der Waals surface area (Å²) in [4.78, 5) is 14.5. The number of amides is 1. The number of rotatable bonds is 8. The van der Waals surface area contributed by atoms with Crippen LogP contribution in [0.1, 0.15) is 50.5 Å². The van der Waals surface area contributed by atoms with Gasteiger partial charge in [-0.05, 0) is 43.7 Å². The molecule has 1 amide bonds. The number of piperidine rings is 1. The van der Waals surface area contributed by atoms with E-state index in [1.165, 1.54) is 5.56 Å². The van der Waals surface area contributed by atoms with Gasteiger partial charge in [0.05, 0.1) is 6.10 Å². The van der Waals surface area contributed by atoms with Gasteiger partial charge in [0.25, 0.3) is 0 Å². The number of hydrogen-bond acceptors (Lipinski definition) is 3. The van der Waals surface area contributed by atoms with E-state index in [1.54, 1.807) is 0 Å². The Hall–Kier alpha value is -1.39. The van der Waals surface area contributed by atoms with Gasteiger partial charge in [-0.2, -0.15) is 0 Å². The molecule has 1 aromatic carbocycles. The molecule has 1 saturated heterocycles. The summed E-state index contributed by atoms with van der Waals surface area (Å²) in [6, 6.07) is 10.3. The van der Waals surface area contributed by atoms with Crippen LogP contribution in [0.25, 0.3) is 0 Å². The van der Waals surface area contributed by atoms with Gasteiger partial charge in [-0.1, -0.05) is 37.3 Å². The van der Waals surface area contributed by atoms with Gasteiger partial charge in [0.2, 0.25) is 5.91 Å². The number of aliphatic hydroxyl groups excluding tert-OH is 1. The van der Waals surface area contributed by atoms with Crippen LogP contribution in [0.4, 0.5) is 0 Å². The molecule has 0 spiro atoms. The summed E-state index contributed by atoms with van der Waals surface area (Å²) in [7, 11) is 0. The predicted molar refractivity (Wildman–Crippen MR) is 93.4 cm³/mol. The zero-order valence-electron chi connectivity index (χ0n) is 14.2. The normalized spacial score (nSPS) is 17.8. The van der Waals surface area contributed by atoms with E-state index in [4.69, 9.17) is 0 Å². The number of benzene rings is 1. The van der Waals surface area contributed by atoms with Gasteiger partial charge in [0.15, 0.2) is 0 Å². The van der Waals surface area contributed by atoms with Crippen LogP contribution in [0.3, 0.4) is 0 Å². The third-order valence-corrected chi connectivity index (χ3v) is 4.73. The summed E-state index contributed by atoms with van der Waals surface area (Å²) < 4.78 is 0. The molecule has 0 bridgehead atoms. The highest BCUT2D eigenvalue weighted by Gasteiger charge is 2.17. The van der Waals surface area contributed by atoms with Gasteiger partial charge in [-0.3, -0.25) is 4.79 Å². The highest BCUT2D eigenvalue weighted by Crippen LogP contribution is 2.22. The van der Waals surface area contributed by atoms with Crippen LogP contribution in [0.2, 0.25) is 0 Å². The highest BCUT2D eigenvalue weighted by atomic mass is 16.3. The Bertz CT molecular complexity index is 456. The smallest absolute Gasteiger partial charge is 0.220 e.